The summed E-state index contributed by atoms with van der Waals surface area (Å²) in [5, 5.41) is 17.7. The van der Waals surface area contributed by atoms with Gasteiger partial charge in [0.05, 0.1) is 6.20 Å². The van der Waals surface area contributed by atoms with Crippen molar-refractivity contribution in [3.05, 3.63) is 58.5 Å². The van der Waals surface area contributed by atoms with Crippen LogP contribution in [0.25, 0.3) is 5.65 Å². The van der Waals surface area contributed by atoms with Gasteiger partial charge < -0.3 is 5.11 Å². The monoisotopic (exact) mass is 303 g/mol. The van der Waals surface area contributed by atoms with Crippen molar-refractivity contribution in [2.24, 2.45) is 0 Å². The first-order chi connectivity index (χ1) is 8.74. The largest absolute Gasteiger partial charge is 0.506 e. The molecule has 90 valence electrons. The summed E-state index contributed by atoms with van der Waals surface area (Å²) in [6, 6.07) is 11.3. The summed E-state index contributed by atoms with van der Waals surface area (Å²) < 4.78 is 2.84. The zero-order valence-corrected chi connectivity index (χ0v) is 11.0. The minimum atomic E-state index is 0.204. The Balaban J connectivity index is 2.05. The molecule has 0 fully saturated rings. The Morgan fingerprint density at radius 1 is 1.11 bits per heavy atom. The molecule has 0 saturated heterocycles. The van der Waals surface area contributed by atoms with E-state index in [1.807, 2.05) is 24.3 Å². The zero-order chi connectivity index (χ0) is 12.5. The van der Waals surface area contributed by atoms with E-state index in [9.17, 15) is 5.11 Å². The number of rotatable bonds is 2. The predicted molar refractivity (Wildman–Crippen MR) is 71.6 cm³/mol. The Bertz CT molecular complexity index is 708. The summed E-state index contributed by atoms with van der Waals surface area (Å²) in [7, 11) is 0. The average Bonchev–Trinajstić information content (AvgIpc) is 2.75. The van der Waals surface area contributed by atoms with Crippen molar-refractivity contribution in [3.63, 3.8) is 0 Å². The van der Waals surface area contributed by atoms with Crippen molar-refractivity contribution >= 4 is 21.6 Å². The predicted octanol–water partition coefficient (Wildman–Crippen LogP) is 2.79. The maximum Gasteiger partial charge on any atom is 0.161 e. The molecule has 0 spiro atoms. The van der Waals surface area contributed by atoms with E-state index in [0.29, 0.717) is 6.42 Å². The summed E-state index contributed by atoms with van der Waals surface area (Å²) in [4.78, 5) is 0. The highest BCUT2D eigenvalue weighted by Gasteiger charge is 2.08. The fourth-order valence-electron chi connectivity index (χ4n) is 1.86. The molecule has 4 nitrogen and oxygen atoms in total. The van der Waals surface area contributed by atoms with Gasteiger partial charge in [-0.05, 0) is 23.8 Å². The van der Waals surface area contributed by atoms with Crippen LogP contribution in [0.15, 0.2) is 47.1 Å². The second kappa shape index (κ2) is 4.42. The third-order valence-electron chi connectivity index (χ3n) is 2.76. The summed E-state index contributed by atoms with van der Waals surface area (Å²) in [6.07, 6.45) is 2.29. The van der Waals surface area contributed by atoms with Crippen LogP contribution in [-0.2, 0) is 6.42 Å². The van der Waals surface area contributed by atoms with Gasteiger partial charge in [0.1, 0.15) is 11.6 Å². The van der Waals surface area contributed by atoms with Crippen molar-refractivity contribution in [2.75, 3.05) is 0 Å². The number of pyridine rings is 1. The van der Waals surface area contributed by atoms with Crippen molar-refractivity contribution in [2.45, 2.75) is 6.42 Å². The van der Waals surface area contributed by atoms with E-state index in [-0.39, 0.29) is 5.75 Å². The fraction of sp³-hybridized carbons (Fsp3) is 0.0769. The van der Waals surface area contributed by atoms with Crippen molar-refractivity contribution < 1.29 is 5.11 Å². The molecule has 0 atom stereocenters. The molecule has 1 N–H and O–H groups in total. The molecule has 1 aromatic carbocycles. The molecular formula is C13H10BrN3O. The topological polar surface area (TPSA) is 50.4 Å². The average molecular weight is 304 g/mol. The number of fused-ring (bicyclic) bond motifs is 1. The van der Waals surface area contributed by atoms with Crippen LogP contribution >= 0.6 is 15.9 Å². The Morgan fingerprint density at radius 3 is 2.78 bits per heavy atom. The Hall–Kier alpha value is -1.88. The maximum atomic E-state index is 9.51. The lowest BCUT2D eigenvalue weighted by Crippen LogP contribution is -1.96. The standard InChI is InChI=1S/C13H10BrN3O/c14-11-4-2-1-3-9(11)7-13-16-15-12-6-5-10(18)8-17(12)13/h1-6,8,18H,7H2. The normalized spacial score (nSPS) is 10.9. The van der Waals surface area contributed by atoms with Gasteiger partial charge in [-0.15, -0.1) is 10.2 Å². The molecule has 0 amide bonds. The van der Waals surface area contributed by atoms with Gasteiger partial charge in [0.25, 0.3) is 0 Å². The van der Waals surface area contributed by atoms with Crippen LogP contribution in [0.4, 0.5) is 0 Å². The zero-order valence-electron chi connectivity index (χ0n) is 9.42. The van der Waals surface area contributed by atoms with Crippen LogP contribution in [0.2, 0.25) is 0 Å². The van der Waals surface area contributed by atoms with Crippen LogP contribution in [0.1, 0.15) is 11.4 Å². The molecule has 0 aliphatic carbocycles. The van der Waals surface area contributed by atoms with Gasteiger partial charge in [-0.3, -0.25) is 4.40 Å². The third-order valence-corrected chi connectivity index (χ3v) is 3.54. The lowest BCUT2D eigenvalue weighted by Gasteiger charge is -2.03. The molecular weight excluding hydrogens is 294 g/mol. The molecule has 0 aliphatic rings. The molecule has 0 radical (unpaired) electrons. The molecule has 0 saturated carbocycles. The van der Waals surface area contributed by atoms with Crippen LogP contribution in [0, 0.1) is 0 Å². The van der Waals surface area contributed by atoms with E-state index < -0.39 is 0 Å². The number of nitrogens with zero attached hydrogens (tertiary/aromatic N) is 3. The highest BCUT2D eigenvalue weighted by Crippen LogP contribution is 2.20. The third kappa shape index (κ3) is 1.97. The van der Waals surface area contributed by atoms with Gasteiger partial charge in [-0.1, -0.05) is 34.1 Å². The van der Waals surface area contributed by atoms with E-state index in [0.717, 1.165) is 21.5 Å². The first kappa shape index (κ1) is 11.2. The first-order valence-electron chi connectivity index (χ1n) is 5.50. The van der Waals surface area contributed by atoms with Crippen molar-refractivity contribution in [1.29, 1.82) is 0 Å². The van der Waals surface area contributed by atoms with Crippen LogP contribution < -0.4 is 0 Å². The number of hydrogen-bond donors (Lipinski definition) is 1. The van der Waals surface area contributed by atoms with E-state index in [2.05, 4.69) is 26.1 Å². The summed E-state index contributed by atoms with van der Waals surface area (Å²) in [5.41, 5.74) is 1.87. The molecule has 2 heterocycles. The second-order valence-electron chi connectivity index (χ2n) is 4.00. The molecule has 18 heavy (non-hydrogen) atoms. The molecule has 2 aromatic heterocycles. The van der Waals surface area contributed by atoms with E-state index in [1.165, 1.54) is 0 Å². The quantitative estimate of drug-likeness (QED) is 0.792. The molecule has 0 unspecified atom stereocenters. The van der Waals surface area contributed by atoms with Gasteiger partial charge in [0.15, 0.2) is 5.65 Å². The molecule has 0 aliphatic heterocycles. The number of aromatic nitrogens is 3. The number of halogens is 1. The van der Waals surface area contributed by atoms with Crippen molar-refractivity contribution in [1.82, 2.24) is 14.6 Å². The number of hydrogen-bond acceptors (Lipinski definition) is 3. The maximum absolute atomic E-state index is 9.51. The van der Waals surface area contributed by atoms with Gasteiger partial charge in [0, 0.05) is 10.9 Å². The van der Waals surface area contributed by atoms with Gasteiger partial charge in [0.2, 0.25) is 0 Å². The fourth-order valence-corrected chi connectivity index (χ4v) is 2.28. The van der Waals surface area contributed by atoms with Gasteiger partial charge in [-0.25, -0.2) is 0 Å². The molecule has 3 aromatic rings. The summed E-state index contributed by atoms with van der Waals surface area (Å²) in [6.45, 7) is 0. The van der Waals surface area contributed by atoms with Crippen LogP contribution in [-0.4, -0.2) is 19.7 Å². The lowest BCUT2D eigenvalue weighted by atomic mass is 10.1. The molecule has 5 heteroatoms. The number of benzene rings is 1. The molecule has 0 bridgehead atoms. The van der Waals surface area contributed by atoms with Gasteiger partial charge >= 0.3 is 0 Å². The van der Waals surface area contributed by atoms with E-state index >= 15 is 0 Å². The number of aromatic hydroxyl groups is 1. The first-order valence-corrected chi connectivity index (χ1v) is 6.29. The Labute approximate surface area is 112 Å². The summed E-state index contributed by atoms with van der Waals surface area (Å²) >= 11 is 3.51. The highest BCUT2D eigenvalue weighted by atomic mass is 79.9. The second-order valence-corrected chi connectivity index (χ2v) is 4.85. The lowest BCUT2D eigenvalue weighted by molar-refractivity contribution is 0.471. The smallest absolute Gasteiger partial charge is 0.161 e. The Morgan fingerprint density at radius 2 is 1.94 bits per heavy atom. The summed E-state index contributed by atoms with van der Waals surface area (Å²) in [5.74, 6) is 1.00. The van der Waals surface area contributed by atoms with Crippen LogP contribution in [0.3, 0.4) is 0 Å². The van der Waals surface area contributed by atoms with E-state index in [1.54, 1.807) is 22.7 Å². The minimum Gasteiger partial charge on any atom is -0.506 e. The minimum absolute atomic E-state index is 0.204. The SMILES string of the molecule is Oc1ccc2nnc(Cc3ccccc3Br)n2c1. The Kier molecular flexibility index (Phi) is 2.76. The van der Waals surface area contributed by atoms with Crippen molar-refractivity contribution in [3.8, 4) is 5.75 Å². The highest BCUT2D eigenvalue weighted by molar-refractivity contribution is 9.10. The molecule has 3 rings (SSSR count). The van der Waals surface area contributed by atoms with Gasteiger partial charge in [-0.2, -0.15) is 0 Å². The van der Waals surface area contributed by atoms with E-state index in [4.69, 9.17) is 0 Å². The van der Waals surface area contributed by atoms with Crippen LogP contribution in [0.5, 0.6) is 5.75 Å².